The molecular formula is C17H21O6-. The van der Waals surface area contributed by atoms with Crippen LogP contribution in [0.1, 0.15) is 27.7 Å². The molecule has 0 fully saturated rings. The minimum absolute atomic E-state index is 0.0855. The van der Waals surface area contributed by atoms with Gasteiger partial charge in [0.2, 0.25) is 0 Å². The van der Waals surface area contributed by atoms with Gasteiger partial charge in [-0.2, -0.15) is 0 Å². The van der Waals surface area contributed by atoms with Crippen molar-refractivity contribution in [2.45, 2.75) is 27.7 Å². The summed E-state index contributed by atoms with van der Waals surface area (Å²) in [5.74, 6) is -2.23. The molecule has 0 aromatic heterocycles. The van der Waals surface area contributed by atoms with Crippen molar-refractivity contribution in [2.24, 2.45) is 0 Å². The third-order valence-electron chi connectivity index (χ3n) is 2.50. The van der Waals surface area contributed by atoms with E-state index < -0.39 is 23.5 Å². The van der Waals surface area contributed by atoms with Gasteiger partial charge in [-0.25, -0.2) is 9.59 Å². The standard InChI is InChI=1S/C17H22O6/c1-5-22-16(20)14(12(3)18)10-8-7-9-11-15(13(4)19)17(21)23-6-2/h7-11,18H,5-6H2,1-4H3/p-1/b9-7?,10-8?,14-12+,15-11?. The van der Waals surface area contributed by atoms with E-state index in [2.05, 4.69) is 0 Å². The minimum Gasteiger partial charge on any atom is -0.875 e. The fraction of sp³-hybridized carbons (Fsp3) is 0.353. The Morgan fingerprint density at radius 2 is 1.48 bits per heavy atom. The highest BCUT2D eigenvalue weighted by molar-refractivity contribution is 6.16. The summed E-state index contributed by atoms with van der Waals surface area (Å²) in [5, 5.41) is 11.4. The normalized spacial score (nSPS) is 13.1. The Kier molecular flexibility index (Phi) is 9.75. The molecule has 23 heavy (non-hydrogen) atoms. The smallest absolute Gasteiger partial charge is 0.341 e. The van der Waals surface area contributed by atoms with E-state index >= 15 is 0 Å². The third-order valence-corrected chi connectivity index (χ3v) is 2.50. The van der Waals surface area contributed by atoms with Crippen LogP contribution in [0.4, 0.5) is 0 Å². The van der Waals surface area contributed by atoms with Crippen molar-refractivity contribution in [2.75, 3.05) is 13.2 Å². The van der Waals surface area contributed by atoms with Gasteiger partial charge in [0, 0.05) is 5.57 Å². The van der Waals surface area contributed by atoms with Gasteiger partial charge in [0.25, 0.3) is 0 Å². The summed E-state index contributed by atoms with van der Waals surface area (Å²) in [6, 6.07) is 0. The van der Waals surface area contributed by atoms with Gasteiger partial charge in [-0.15, -0.1) is 5.76 Å². The van der Waals surface area contributed by atoms with Crippen LogP contribution < -0.4 is 5.11 Å². The molecule has 0 spiro atoms. The Hall–Kier alpha value is -2.63. The number of ketones is 1. The van der Waals surface area contributed by atoms with Gasteiger partial charge < -0.3 is 14.6 Å². The molecule has 0 atom stereocenters. The lowest BCUT2D eigenvalue weighted by Gasteiger charge is -2.10. The van der Waals surface area contributed by atoms with Crippen LogP contribution in [0.25, 0.3) is 0 Å². The molecule has 0 aromatic rings. The number of esters is 2. The number of hydrogen-bond acceptors (Lipinski definition) is 6. The van der Waals surface area contributed by atoms with Gasteiger partial charge in [-0.05, 0) is 32.9 Å². The molecule has 0 saturated heterocycles. The van der Waals surface area contributed by atoms with Crippen LogP contribution in [0.2, 0.25) is 0 Å². The molecule has 0 saturated carbocycles. The number of rotatable bonds is 8. The number of Topliss-reactive ketones (excluding diaryl/α,β-unsaturated/α-hetero) is 1. The van der Waals surface area contributed by atoms with Crippen molar-refractivity contribution in [1.82, 2.24) is 0 Å². The van der Waals surface area contributed by atoms with E-state index in [1.165, 1.54) is 44.2 Å². The molecule has 0 aliphatic carbocycles. The van der Waals surface area contributed by atoms with Crippen molar-refractivity contribution < 1.29 is 29.0 Å². The van der Waals surface area contributed by atoms with E-state index in [1.54, 1.807) is 13.8 Å². The molecule has 0 bridgehead atoms. The zero-order valence-electron chi connectivity index (χ0n) is 13.8. The van der Waals surface area contributed by atoms with Gasteiger partial charge in [0.1, 0.15) is 5.57 Å². The van der Waals surface area contributed by atoms with Crippen LogP contribution in [0, 0.1) is 0 Å². The fourth-order valence-corrected chi connectivity index (χ4v) is 1.44. The van der Waals surface area contributed by atoms with Crippen LogP contribution in [0.3, 0.4) is 0 Å². The monoisotopic (exact) mass is 321 g/mol. The van der Waals surface area contributed by atoms with Gasteiger partial charge in [-0.1, -0.05) is 25.2 Å². The summed E-state index contributed by atoms with van der Waals surface area (Å²) in [7, 11) is 0. The largest absolute Gasteiger partial charge is 0.875 e. The molecule has 126 valence electrons. The summed E-state index contributed by atoms with van der Waals surface area (Å²) < 4.78 is 9.52. The summed E-state index contributed by atoms with van der Waals surface area (Å²) in [5.41, 5.74) is -0.171. The van der Waals surface area contributed by atoms with Crippen LogP contribution >= 0.6 is 0 Å². The minimum atomic E-state index is -0.698. The molecule has 0 heterocycles. The second-order valence-corrected chi connectivity index (χ2v) is 4.29. The van der Waals surface area contributed by atoms with E-state index in [4.69, 9.17) is 9.47 Å². The maximum absolute atomic E-state index is 11.5. The highest BCUT2D eigenvalue weighted by atomic mass is 16.5. The van der Waals surface area contributed by atoms with Crippen molar-refractivity contribution in [3.05, 3.63) is 47.3 Å². The molecule has 6 heteroatoms. The first-order chi connectivity index (χ1) is 10.8. The quantitative estimate of drug-likeness (QED) is 0.167. The molecule has 0 unspecified atom stereocenters. The molecule has 0 N–H and O–H groups in total. The average molecular weight is 321 g/mol. The first-order valence-electron chi connectivity index (χ1n) is 7.13. The van der Waals surface area contributed by atoms with Crippen molar-refractivity contribution in [3.8, 4) is 0 Å². The van der Waals surface area contributed by atoms with Crippen molar-refractivity contribution >= 4 is 17.7 Å². The molecule has 0 rings (SSSR count). The molecule has 0 aromatic carbocycles. The Balaban J connectivity index is 5.05. The molecule has 0 amide bonds. The van der Waals surface area contributed by atoms with Gasteiger partial charge in [0.15, 0.2) is 5.78 Å². The predicted molar refractivity (Wildman–Crippen MR) is 83.0 cm³/mol. The summed E-state index contributed by atoms with van der Waals surface area (Å²) in [6.45, 7) is 6.14. The van der Waals surface area contributed by atoms with E-state index in [0.29, 0.717) is 0 Å². The van der Waals surface area contributed by atoms with Crippen LogP contribution in [-0.4, -0.2) is 30.9 Å². The second-order valence-electron chi connectivity index (χ2n) is 4.29. The van der Waals surface area contributed by atoms with E-state index in [9.17, 15) is 19.5 Å². The SMILES string of the molecule is CCOC(=O)C(=CC=CC=C/C(C(=O)OCC)=C(/C)[O-])C(C)=O. The molecule has 0 aliphatic rings. The summed E-state index contributed by atoms with van der Waals surface area (Å²) in [4.78, 5) is 34.4. The Morgan fingerprint density at radius 1 is 0.913 bits per heavy atom. The van der Waals surface area contributed by atoms with Crippen LogP contribution in [-0.2, 0) is 23.9 Å². The topological polar surface area (TPSA) is 92.7 Å². The first-order valence-corrected chi connectivity index (χ1v) is 7.13. The lowest BCUT2D eigenvalue weighted by Crippen LogP contribution is -2.13. The number of hydrogen-bond donors (Lipinski definition) is 0. The summed E-state index contributed by atoms with van der Waals surface area (Å²) >= 11 is 0. The first kappa shape index (κ1) is 20.4. The zero-order chi connectivity index (χ0) is 17.8. The summed E-state index contributed by atoms with van der Waals surface area (Å²) in [6.07, 6.45) is 6.97. The Bertz CT molecular complexity index is 560. The maximum Gasteiger partial charge on any atom is 0.341 e. The molecule has 0 radical (unpaired) electrons. The van der Waals surface area contributed by atoms with E-state index in [-0.39, 0.29) is 24.4 Å². The van der Waals surface area contributed by atoms with E-state index in [1.807, 2.05) is 0 Å². The Labute approximate surface area is 135 Å². The van der Waals surface area contributed by atoms with Gasteiger partial charge >= 0.3 is 11.9 Å². The lowest BCUT2D eigenvalue weighted by molar-refractivity contribution is -0.302. The number of carbonyl (C=O) groups excluding carboxylic acids is 3. The van der Waals surface area contributed by atoms with Crippen molar-refractivity contribution in [3.63, 3.8) is 0 Å². The predicted octanol–water partition coefficient (Wildman–Crippen LogP) is 1.37. The number of ether oxygens (including phenoxy) is 2. The molecule has 6 nitrogen and oxygen atoms in total. The third kappa shape index (κ3) is 7.80. The number of allylic oxidation sites excluding steroid dienone is 5. The highest BCUT2D eigenvalue weighted by Crippen LogP contribution is 2.05. The average Bonchev–Trinajstić information content (AvgIpc) is 2.45. The number of carbonyl (C=O) groups is 3. The highest BCUT2D eigenvalue weighted by Gasteiger charge is 2.13. The van der Waals surface area contributed by atoms with Crippen LogP contribution in [0.15, 0.2) is 47.3 Å². The van der Waals surface area contributed by atoms with Crippen LogP contribution in [0.5, 0.6) is 0 Å². The van der Waals surface area contributed by atoms with Gasteiger partial charge in [0.05, 0.1) is 13.2 Å². The second kappa shape index (κ2) is 11.0. The molecule has 0 aliphatic heterocycles. The fourth-order valence-electron chi connectivity index (χ4n) is 1.44. The van der Waals surface area contributed by atoms with Gasteiger partial charge in [-0.3, -0.25) is 4.79 Å². The Morgan fingerprint density at radius 3 is 1.96 bits per heavy atom. The lowest BCUT2D eigenvalue weighted by atomic mass is 10.1. The molecular weight excluding hydrogens is 300 g/mol. The maximum atomic E-state index is 11.5. The van der Waals surface area contributed by atoms with E-state index in [0.717, 1.165) is 0 Å². The van der Waals surface area contributed by atoms with Crippen molar-refractivity contribution in [1.29, 1.82) is 0 Å². The zero-order valence-corrected chi connectivity index (χ0v) is 13.8.